The van der Waals surface area contributed by atoms with Crippen LogP contribution in [-0.4, -0.2) is 58.2 Å². The molecule has 1 aliphatic rings. The predicted octanol–water partition coefficient (Wildman–Crippen LogP) is 1.31. The van der Waals surface area contributed by atoms with E-state index in [4.69, 9.17) is 29.9 Å². The fraction of sp³-hybridized carbons (Fsp3) is 0.500. The van der Waals surface area contributed by atoms with Gasteiger partial charge in [-0.2, -0.15) is 0 Å². The lowest BCUT2D eigenvalue weighted by atomic mass is 9.95. The summed E-state index contributed by atoms with van der Waals surface area (Å²) in [6.45, 7) is -0.396. The van der Waals surface area contributed by atoms with Gasteiger partial charge in [0.2, 0.25) is 0 Å². The van der Waals surface area contributed by atoms with Gasteiger partial charge in [-0.25, -0.2) is 9.59 Å². The Balaban J connectivity index is 0.000000240. The van der Waals surface area contributed by atoms with Gasteiger partial charge in [-0.1, -0.05) is 0 Å². The zero-order valence-corrected chi connectivity index (χ0v) is 13.1. The molecule has 1 aromatic rings. The van der Waals surface area contributed by atoms with Crippen molar-refractivity contribution < 1.29 is 39.5 Å². The number of aliphatic hydroxyl groups excluding tert-OH is 2. The van der Waals surface area contributed by atoms with E-state index in [9.17, 15) is 9.59 Å². The van der Waals surface area contributed by atoms with E-state index in [1.807, 2.05) is 0 Å². The number of hydrogen-bond donors (Lipinski definition) is 4. The Kier molecular flexibility index (Phi) is 8.95. The summed E-state index contributed by atoms with van der Waals surface area (Å²) in [6.07, 6.45) is 3.98. The molecule has 8 nitrogen and oxygen atoms in total. The molecule has 0 radical (unpaired) electrons. The van der Waals surface area contributed by atoms with E-state index >= 15 is 0 Å². The minimum absolute atomic E-state index is 0.0833. The third-order valence-corrected chi connectivity index (χ3v) is 3.62. The highest BCUT2D eigenvalue weighted by Gasteiger charge is 2.21. The zero-order valence-electron chi connectivity index (χ0n) is 13.1. The number of aromatic carboxylic acids is 2. The molecule has 0 atom stereocenters. The summed E-state index contributed by atoms with van der Waals surface area (Å²) < 4.78 is 10.1. The Labute approximate surface area is 139 Å². The van der Waals surface area contributed by atoms with E-state index in [1.165, 1.54) is 24.3 Å². The second-order valence-electron chi connectivity index (χ2n) is 5.18. The van der Waals surface area contributed by atoms with Crippen LogP contribution in [0, 0.1) is 0 Å². The molecule has 0 saturated heterocycles. The average Bonchev–Trinajstić information content (AvgIpc) is 2.58. The van der Waals surface area contributed by atoms with Gasteiger partial charge in [0.1, 0.15) is 13.6 Å². The number of aliphatic hydroxyl groups is 2. The topological polar surface area (TPSA) is 134 Å². The van der Waals surface area contributed by atoms with Crippen LogP contribution < -0.4 is 0 Å². The number of rotatable bonds is 6. The van der Waals surface area contributed by atoms with Gasteiger partial charge in [-0.3, -0.25) is 0 Å². The lowest BCUT2D eigenvalue weighted by molar-refractivity contribution is -0.104. The minimum Gasteiger partial charge on any atom is -0.478 e. The van der Waals surface area contributed by atoms with Gasteiger partial charge in [-0.05, 0) is 49.9 Å². The first-order valence-corrected chi connectivity index (χ1v) is 7.49. The number of hydrogen-bond acceptors (Lipinski definition) is 6. The summed E-state index contributed by atoms with van der Waals surface area (Å²) in [7, 11) is 0. The molecular weight excluding hydrogens is 320 g/mol. The first-order chi connectivity index (χ1) is 11.5. The van der Waals surface area contributed by atoms with Crippen LogP contribution in [0.3, 0.4) is 0 Å². The van der Waals surface area contributed by atoms with Crippen molar-refractivity contribution in [2.24, 2.45) is 0 Å². The Hall–Kier alpha value is -2.00. The molecule has 1 fully saturated rings. The molecule has 2 rings (SSSR count). The smallest absolute Gasteiger partial charge is 0.335 e. The number of benzene rings is 1. The standard InChI is InChI=1S/C8H16O4.C8H6O4/c9-5-11-7-1-2-8(4-3-7)12-6-10;9-7(10)5-1-2-6(4-3-5)8(11)12/h7-10H,1-6H2;1-4H,(H,9,10)(H,11,12). The summed E-state index contributed by atoms with van der Waals surface area (Å²) >= 11 is 0. The maximum Gasteiger partial charge on any atom is 0.335 e. The van der Waals surface area contributed by atoms with Gasteiger partial charge in [0.25, 0.3) is 0 Å². The third kappa shape index (κ3) is 7.05. The van der Waals surface area contributed by atoms with Crippen molar-refractivity contribution in [3.8, 4) is 0 Å². The summed E-state index contributed by atoms with van der Waals surface area (Å²) in [5, 5.41) is 33.9. The molecule has 0 spiro atoms. The van der Waals surface area contributed by atoms with E-state index in [0.29, 0.717) is 0 Å². The molecule has 8 heteroatoms. The van der Waals surface area contributed by atoms with Crippen molar-refractivity contribution in [3.05, 3.63) is 35.4 Å². The van der Waals surface area contributed by atoms with Gasteiger partial charge in [0.15, 0.2) is 0 Å². The molecular formula is C16H22O8. The van der Waals surface area contributed by atoms with Crippen molar-refractivity contribution in [1.29, 1.82) is 0 Å². The first kappa shape index (κ1) is 20.0. The molecule has 1 saturated carbocycles. The number of carboxylic acids is 2. The normalized spacial score (nSPS) is 19.9. The van der Waals surface area contributed by atoms with Crippen LogP contribution in [0.2, 0.25) is 0 Å². The molecule has 0 aromatic heterocycles. The molecule has 134 valence electrons. The van der Waals surface area contributed by atoms with Crippen LogP contribution in [0.5, 0.6) is 0 Å². The molecule has 0 amide bonds. The highest BCUT2D eigenvalue weighted by Crippen LogP contribution is 2.22. The fourth-order valence-corrected chi connectivity index (χ4v) is 2.33. The van der Waals surface area contributed by atoms with Crippen molar-refractivity contribution in [3.63, 3.8) is 0 Å². The number of carboxylic acid groups (broad SMARTS) is 2. The van der Waals surface area contributed by atoms with Gasteiger partial charge in [0, 0.05) is 0 Å². The Morgan fingerprint density at radius 1 is 0.792 bits per heavy atom. The van der Waals surface area contributed by atoms with Gasteiger partial charge < -0.3 is 29.9 Å². The molecule has 0 aliphatic heterocycles. The SMILES string of the molecule is O=C(O)c1ccc(C(=O)O)cc1.OCOC1CCC(OCO)CC1. The summed E-state index contributed by atoms with van der Waals surface area (Å²) in [4.78, 5) is 20.7. The number of carbonyl (C=O) groups is 2. The van der Waals surface area contributed by atoms with E-state index < -0.39 is 11.9 Å². The lowest BCUT2D eigenvalue weighted by Crippen LogP contribution is -2.26. The average molecular weight is 342 g/mol. The van der Waals surface area contributed by atoms with Crippen LogP contribution in [0.4, 0.5) is 0 Å². The molecule has 1 aliphatic carbocycles. The van der Waals surface area contributed by atoms with E-state index in [2.05, 4.69) is 0 Å². The van der Waals surface area contributed by atoms with Crippen LogP contribution in [-0.2, 0) is 9.47 Å². The Morgan fingerprint density at radius 2 is 1.08 bits per heavy atom. The molecule has 4 N–H and O–H groups in total. The second-order valence-corrected chi connectivity index (χ2v) is 5.18. The largest absolute Gasteiger partial charge is 0.478 e. The maximum atomic E-state index is 10.3. The van der Waals surface area contributed by atoms with Crippen molar-refractivity contribution in [2.75, 3.05) is 13.6 Å². The van der Waals surface area contributed by atoms with Crippen molar-refractivity contribution >= 4 is 11.9 Å². The number of ether oxygens (including phenoxy) is 2. The Bertz CT molecular complexity index is 458. The molecule has 1 aromatic carbocycles. The summed E-state index contributed by atoms with van der Waals surface area (Å²) in [5.74, 6) is -2.13. The van der Waals surface area contributed by atoms with Crippen LogP contribution >= 0.6 is 0 Å². The maximum absolute atomic E-state index is 10.3. The van der Waals surface area contributed by atoms with E-state index in [-0.39, 0.29) is 36.9 Å². The van der Waals surface area contributed by atoms with E-state index in [0.717, 1.165) is 25.7 Å². The highest BCUT2D eigenvalue weighted by molar-refractivity contribution is 5.91. The van der Waals surface area contributed by atoms with Gasteiger partial charge in [0.05, 0.1) is 23.3 Å². The third-order valence-electron chi connectivity index (χ3n) is 3.62. The quantitative estimate of drug-likeness (QED) is 0.569. The predicted molar refractivity (Wildman–Crippen MR) is 82.7 cm³/mol. The zero-order chi connectivity index (χ0) is 17.9. The lowest BCUT2D eigenvalue weighted by Gasteiger charge is -2.27. The van der Waals surface area contributed by atoms with Gasteiger partial charge >= 0.3 is 11.9 Å². The highest BCUT2D eigenvalue weighted by atomic mass is 16.6. The Morgan fingerprint density at radius 3 is 1.29 bits per heavy atom. The molecule has 0 bridgehead atoms. The second kappa shape index (κ2) is 10.7. The fourth-order valence-electron chi connectivity index (χ4n) is 2.33. The van der Waals surface area contributed by atoms with E-state index in [1.54, 1.807) is 0 Å². The van der Waals surface area contributed by atoms with Crippen molar-refractivity contribution in [2.45, 2.75) is 37.9 Å². The van der Waals surface area contributed by atoms with Crippen LogP contribution in [0.1, 0.15) is 46.4 Å². The monoisotopic (exact) mass is 342 g/mol. The van der Waals surface area contributed by atoms with Crippen molar-refractivity contribution in [1.82, 2.24) is 0 Å². The summed E-state index contributed by atoms with van der Waals surface area (Å²) in [5.41, 5.74) is 0.167. The summed E-state index contributed by atoms with van der Waals surface area (Å²) in [6, 6.07) is 5.02. The first-order valence-electron chi connectivity index (χ1n) is 7.49. The van der Waals surface area contributed by atoms with Gasteiger partial charge in [-0.15, -0.1) is 0 Å². The molecule has 24 heavy (non-hydrogen) atoms. The van der Waals surface area contributed by atoms with Crippen LogP contribution in [0.25, 0.3) is 0 Å². The molecule has 0 unspecified atom stereocenters. The molecule has 0 heterocycles. The van der Waals surface area contributed by atoms with Crippen LogP contribution in [0.15, 0.2) is 24.3 Å². The minimum atomic E-state index is -1.06.